The van der Waals surface area contributed by atoms with E-state index < -0.39 is 0 Å². The molecule has 2 aromatic heterocycles. The summed E-state index contributed by atoms with van der Waals surface area (Å²) < 4.78 is 7.41. The number of aryl methyl sites for hydroxylation is 1. The Morgan fingerprint density at radius 3 is 2.71 bits per heavy atom. The first kappa shape index (κ1) is 14.4. The van der Waals surface area contributed by atoms with Gasteiger partial charge in [-0.2, -0.15) is 4.98 Å². The number of hydrogen-bond acceptors (Lipinski definition) is 3. The largest absolute Gasteiger partial charge is 0.481 e. The van der Waals surface area contributed by atoms with E-state index in [9.17, 15) is 0 Å². The van der Waals surface area contributed by atoms with E-state index >= 15 is 0 Å². The van der Waals surface area contributed by atoms with Crippen molar-refractivity contribution in [2.75, 3.05) is 7.11 Å². The number of hydrogen-bond donors (Lipinski definition) is 1. The number of pyridine rings is 1. The number of fused-ring (bicyclic) bond motifs is 1. The number of aromatic amines is 1. The van der Waals surface area contributed by atoms with Gasteiger partial charge in [-0.15, -0.1) is 0 Å². The fraction of sp³-hybridized carbons (Fsp3) is 0.143. The molecular formula is C14H11Cl2N3OS. The monoisotopic (exact) mass is 339 g/mol. The molecule has 0 bridgehead atoms. The van der Waals surface area contributed by atoms with Crippen molar-refractivity contribution in [3.8, 4) is 11.6 Å². The van der Waals surface area contributed by atoms with E-state index in [0.29, 0.717) is 32.0 Å². The maximum Gasteiger partial charge on any atom is 0.215 e. The molecule has 7 heteroatoms. The van der Waals surface area contributed by atoms with E-state index in [1.54, 1.807) is 29.9 Å². The molecule has 0 aliphatic rings. The molecular weight excluding hydrogens is 329 g/mol. The molecule has 21 heavy (non-hydrogen) atoms. The standard InChI is InChI=1S/C14H11Cl2N3OS/c1-7-5-9(16)11(6-8(7)15)19-13-10(17-14(19)21)3-4-12(18-13)20-2/h3-6H,1-2H3,(H,17,21). The number of halogens is 2. The normalized spacial score (nSPS) is 11.0. The molecule has 108 valence electrons. The number of rotatable bonds is 2. The number of aromatic nitrogens is 3. The van der Waals surface area contributed by atoms with Crippen LogP contribution in [0.5, 0.6) is 5.88 Å². The molecule has 0 saturated carbocycles. The van der Waals surface area contributed by atoms with Crippen molar-refractivity contribution in [2.45, 2.75) is 6.92 Å². The third-order valence-electron chi connectivity index (χ3n) is 3.18. The van der Waals surface area contributed by atoms with Crippen molar-refractivity contribution in [3.63, 3.8) is 0 Å². The summed E-state index contributed by atoms with van der Waals surface area (Å²) in [4.78, 5) is 7.52. The topological polar surface area (TPSA) is 42.8 Å². The first-order chi connectivity index (χ1) is 10.0. The number of nitrogens with one attached hydrogen (secondary N) is 1. The van der Waals surface area contributed by atoms with Crippen LogP contribution in [0.4, 0.5) is 0 Å². The van der Waals surface area contributed by atoms with Gasteiger partial charge in [0.15, 0.2) is 10.4 Å². The highest BCUT2D eigenvalue weighted by Crippen LogP contribution is 2.30. The van der Waals surface area contributed by atoms with Crippen LogP contribution in [0, 0.1) is 11.7 Å². The molecule has 1 aromatic carbocycles. The average Bonchev–Trinajstić information content (AvgIpc) is 2.78. The number of benzene rings is 1. The Morgan fingerprint density at radius 1 is 1.24 bits per heavy atom. The maximum atomic E-state index is 6.34. The van der Waals surface area contributed by atoms with Crippen molar-refractivity contribution < 1.29 is 4.74 Å². The van der Waals surface area contributed by atoms with Crippen LogP contribution in [0.3, 0.4) is 0 Å². The summed E-state index contributed by atoms with van der Waals surface area (Å²) in [6.07, 6.45) is 0. The molecule has 4 nitrogen and oxygen atoms in total. The van der Waals surface area contributed by atoms with Crippen LogP contribution in [-0.2, 0) is 0 Å². The molecule has 0 amide bonds. The lowest BCUT2D eigenvalue weighted by atomic mass is 10.2. The van der Waals surface area contributed by atoms with Gasteiger partial charge in [0.1, 0.15) is 0 Å². The van der Waals surface area contributed by atoms with Gasteiger partial charge in [0.2, 0.25) is 5.88 Å². The van der Waals surface area contributed by atoms with Crippen LogP contribution >= 0.6 is 35.4 Å². The molecule has 1 N–H and O–H groups in total. The van der Waals surface area contributed by atoms with E-state index in [1.807, 2.05) is 13.0 Å². The molecule has 0 spiro atoms. The third-order valence-corrected chi connectivity index (χ3v) is 4.18. The lowest BCUT2D eigenvalue weighted by Gasteiger charge is -2.09. The van der Waals surface area contributed by atoms with Gasteiger partial charge in [-0.05, 0) is 42.9 Å². The molecule has 0 aliphatic carbocycles. The molecule has 2 heterocycles. The van der Waals surface area contributed by atoms with Crippen molar-refractivity contribution >= 4 is 46.6 Å². The predicted octanol–water partition coefficient (Wildman–Crippen LogP) is 4.71. The highest BCUT2D eigenvalue weighted by Gasteiger charge is 2.13. The summed E-state index contributed by atoms with van der Waals surface area (Å²) in [7, 11) is 1.56. The average molecular weight is 340 g/mol. The lowest BCUT2D eigenvalue weighted by Crippen LogP contribution is -1.98. The van der Waals surface area contributed by atoms with Gasteiger partial charge in [0, 0.05) is 11.1 Å². The number of imidazole rings is 1. The van der Waals surface area contributed by atoms with E-state index in [2.05, 4.69) is 9.97 Å². The predicted molar refractivity (Wildman–Crippen MR) is 87.6 cm³/mol. The fourth-order valence-electron chi connectivity index (χ4n) is 2.11. The second-order valence-corrected chi connectivity index (χ2v) is 5.74. The Hall–Kier alpha value is -1.56. The summed E-state index contributed by atoms with van der Waals surface area (Å²) in [6, 6.07) is 7.21. The first-order valence-electron chi connectivity index (χ1n) is 6.13. The Kier molecular flexibility index (Phi) is 3.65. The Balaban J connectivity index is 2.36. The van der Waals surface area contributed by atoms with Crippen LogP contribution in [0.25, 0.3) is 16.9 Å². The Morgan fingerprint density at radius 2 is 2.00 bits per heavy atom. The van der Waals surface area contributed by atoms with Gasteiger partial charge in [-0.1, -0.05) is 23.2 Å². The number of methoxy groups -OCH3 is 1. The first-order valence-corrected chi connectivity index (χ1v) is 7.29. The molecule has 3 aromatic rings. The van der Waals surface area contributed by atoms with Gasteiger partial charge in [-0.3, -0.25) is 4.57 Å². The fourth-order valence-corrected chi connectivity index (χ4v) is 2.87. The van der Waals surface area contributed by atoms with E-state index in [-0.39, 0.29) is 0 Å². The molecule has 3 rings (SSSR count). The molecule has 0 atom stereocenters. The number of ether oxygens (including phenoxy) is 1. The minimum absolute atomic E-state index is 0.493. The summed E-state index contributed by atoms with van der Waals surface area (Å²) in [6.45, 7) is 1.90. The minimum atomic E-state index is 0.493. The van der Waals surface area contributed by atoms with Crippen LogP contribution in [0.15, 0.2) is 24.3 Å². The molecule has 0 radical (unpaired) electrons. The van der Waals surface area contributed by atoms with Crippen molar-refractivity contribution in [1.29, 1.82) is 0 Å². The van der Waals surface area contributed by atoms with Crippen molar-refractivity contribution in [2.24, 2.45) is 0 Å². The Labute approximate surface area is 136 Å². The van der Waals surface area contributed by atoms with Crippen LogP contribution < -0.4 is 4.74 Å². The lowest BCUT2D eigenvalue weighted by molar-refractivity contribution is 0.399. The number of H-pyrrole nitrogens is 1. The number of nitrogens with zero attached hydrogens (tertiary/aromatic N) is 2. The summed E-state index contributed by atoms with van der Waals surface area (Å²) in [5, 5.41) is 1.17. The molecule has 0 saturated heterocycles. The summed E-state index contributed by atoms with van der Waals surface area (Å²) in [5.41, 5.74) is 3.03. The minimum Gasteiger partial charge on any atom is -0.481 e. The molecule has 0 unspecified atom stereocenters. The second-order valence-electron chi connectivity index (χ2n) is 4.54. The van der Waals surface area contributed by atoms with Gasteiger partial charge >= 0.3 is 0 Å². The van der Waals surface area contributed by atoms with E-state index in [0.717, 1.165) is 11.1 Å². The maximum absolute atomic E-state index is 6.34. The van der Waals surface area contributed by atoms with Crippen LogP contribution in [0.1, 0.15) is 5.56 Å². The van der Waals surface area contributed by atoms with Crippen LogP contribution in [-0.4, -0.2) is 21.6 Å². The molecule has 0 fully saturated rings. The van der Waals surface area contributed by atoms with Gasteiger partial charge in [0.05, 0.1) is 23.3 Å². The SMILES string of the molecule is COc1ccc2[nH]c(=S)n(-c3cc(Cl)c(C)cc3Cl)c2n1. The van der Waals surface area contributed by atoms with Gasteiger partial charge < -0.3 is 9.72 Å². The summed E-state index contributed by atoms with van der Waals surface area (Å²) in [5.74, 6) is 0.500. The Bertz CT molecular complexity index is 901. The van der Waals surface area contributed by atoms with Gasteiger partial charge in [0.25, 0.3) is 0 Å². The van der Waals surface area contributed by atoms with E-state index in [4.69, 9.17) is 40.2 Å². The zero-order valence-electron chi connectivity index (χ0n) is 11.3. The third kappa shape index (κ3) is 2.41. The van der Waals surface area contributed by atoms with E-state index in [1.165, 1.54) is 0 Å². The molecule has 0 aliphatic heterocycles. The zero-order valence-corrected chi connectivity index (χ0v) is 13.6. The van der Waals surface area contributed by atoms with Crippen molar-refractivity contribution in [1.82, 2.24) is 14.5 Å². The summed E-state index contributed by atoms with van der Waals surface area (Å²) >= 11 is 17.9. The highest BCUT2D eigenvalue weighted by molar-refractivity contribution is 7.71. The van der Waals surface area contributed by atoms with Crippen LogP contribution in [0.2, 0.25) is 10.0 Å². The van der Waals surface area contributed by atoms with Crippen molar-refractivity contribution in [3.05, 3.63) is 44.6 Å². The highest BCUT2D eigenvalue weighted by atomic mass is 35.5. The van der Waals surface area contributed by atoms with Gasteiger partial charge in [-0.25, -0.2) is 0 Å². The second kappa shape index (κ2) is 5.33. The zero-order chi connectivity index (χ0) is 15.1. The quantitative estimate of drug-likeness (QED) is 0.687. The smallest absolute Gasteiger partial charge is 0.215 e.